The predicted octanol–water partition coefficient (Wildman–Crippen LogP) is 3.85. The van der Waals surface area contributed by atoms with E-state index in [1.165, 1.54) is 36.4 Å². The van der Waals surface area contributed by atoms with E-state index in [1.807, 2.05) is 0 Å². The van der Waals surface area contributed by atoms with Crippen molar-refractivity contribution in [2.24, 2.45) is 5.92 Å². The molecule has 1 heterocycles. The van der Waals surface area contributed by atoms with Gasteiger partial charge in [0, 0.05) is 18.8 Å². The molecule has 1 aliphatic rings. The Balaban J connectivity index is 1.59. The van der Waals surface area contributed by atoms with Crippen LogP contribution in [0.25, 0.3) is 0 Å². The molecular formula is C19H19F2N3O2. The molecule has 0 aromatic heterocycles. The first-order valence-electron chi connectivity index (χ1n) is 8.40. The van der Waals surface area contributed by atoms with Gasteiger partial charge >= 0.3 is 6.03 Å². The van der Waals surface area contributed by atoms with Crippen molar-refractivity contribution >= 4 is 23.3 Å². The molecule has 0 saturated carbocycles. The predicted molar refractivity (Wildman–Crippen MR) is 94.7 cm³/mol. The number of anilines is 2. The summed E-state index contributed by atoms with van der Waals surface area (Å²) in [6, 6.07) is 11.1. The summed E-state index contributed by atoms with van der Waals surface area (Å²) in [6.07, 6.45) is 1.30. The molecule has 0 aliphatic carbocycles. The van der Waals surface area contributed by atoms with Crippen molar-refractivity contribution in [1.29, 1.82) is 0 Å². The summed E-state index contributed by atoms with van der Waals surface area (Å²) in [5, 5.41) is 5.27. The zero-order valence-corrected chi connectivity index (χ0v) is 14.0. The molecule has 0 radical (unpaired) electrons. The minimum Gasteiger partial charge on any atom is -0.324 e. The molecule has 2 N–H and O–H groups in total. The highest BCUT2D eigenvalue weighted by Gasteiger charge is 2.28. The van der Waals surface area contributed by atoms with Gasteiger partial charge in [0.25, 0.3) is 0 Å². The Morgan fingerprint density at radius 3 is 2.46 bits per heavy atom. The number of amides is 3. The molecular weight excluding hydrogens is 340 g/mol. The smallest absolute Gasteiger partial charge is 0.321 e. The van der Waals surface area contributed by atoms with Crippen LogP contribution in [0.3, 0.4) is 0 Å². The number of hydrogen-bond donors (Lipinski definition) is 2. The van der Waals surface area contributed by atoms with Crippen LogP contribution in [0, 0.1) is 17.6 Å². The van der Waals surface area contributed by atoms with Gasteiger partial charge in [-0.05, 0) is 49.2 Å². The number of rotatable bonds is 3. The van der Waals surface area contributed by atoms with Gasteiger partial charge in [0.05, 0.1) is 11.6 Å². The fourth-order valence-corrected chi connectivity index (χ4v) is 2.91. The van der Waals surface area contributed by atoms with Gasteiger partial charge in [-0.25, -0.2) is 13.6 Å². The normalized spacial score (nSPS) is 16.8. The van der Waals surface area contributed by atoms with E-state index in [-0.39, 0.29) is 30.0 Å². The Hall–Kier alpha value is -2.96. The lowest BCUT2D eigenvalue weighted by Gasteiger charge is -2.32. The maximum atomic E-state index is 13.7. The molecule has 2 aromatic carbocycles. The van der Waals surface area contributed by atoms with E-state index in [9.17, 15) is 18.4 Å². The van der Waals surface area contributed by atoms with Crippen molar-refractivity contribution in [3.05, 3.63) is 60.2 Å². The summed E-state index contributed by atoms with van der Waals surface area (Å²) >= 11 is 0. The Kier molecular flexibility index (Phi) is 5.46. The van der Waals surface area contributed by atoms with Crippen molar-refractivity contribution in [2.75, 3.05) is 23.7 Å². The number of piperidine rings is 1. The molecule has 1 atom stereocenters. The van der Waals surface area contributed by atoms with Crippen molar-refractivity contribution < 1.29 is 18.4 Å². The Labute approximate surface area is 150 Å². The van der Waals surface area contributed by atoms with E-state index in [0.29, 0.717) is 25.1 Å². The first-order valence-corrected chi connectivity index (χ1v) is 8.40. The summed E-state index contributed by atoms with van der Waals surface area (Å²) in [5.41, 5.74) is 0.611. The zero-order valence-electron chi connectivity index (χ0n) is 14.0. The van der Waals surface area contributed by atoms with Crippen LogP contribution in [-0.2, 0) is 4.79 Å². The molecule has 2 aromatic rings. The van der Waals surface area contributed by atoms with E-state index in [0.717, 1.165) is 0 Å². The summed E-state index contributed by atoms with van der Waals surface area (Å²) in [4.78, 5) is 26.3. The number of carbonyl (C=O) groups is 2. The van der Waals surface area contributed by atoms with Crippen LogP contribution < -0.4 is 10.6 Å². The second-order valence-corrected chi connectivity index (χ2v) is 6.19. The molecule has 3 amide bonds. The van der Waals surface area contributed by atoms with Gasteiger partial charge in [0.15, 0.2) is 0 Å². The minimum atomic E-state index is -0.498. The van der Waals surface area contributed by atoms with Gasteiger partial charge in [-0.15, -0.1) is 0 Å². The molecule has 3 rings (SSSR count). The van der Waals surface area contributed by atoms with Crippen LogP contribution in [-0.4, -0.2) is 29.9 Å². The average molecular weight is 359 g/mol. The van der Waals surface area contributed by atoms with Crippen molar-refractivity contribution in [3.8, 4) is 0 Å². The first-order chi connectivity index (χ1) is 12.5. The highest BCUT2D eigenvalue weighted by molar-refractivity contribution is 5.94. The van der Waals surface area contributed by atoms with Gasteiger partial charge in [0.2, 0.25) is 5.91 Å². The number of nitrogens with zero attached hydrogens (tertiary/aromatic N) is 1. The van der Waals surface area contributed by atoms with Crippen molar-refractivity contribution in [3.63, 3.8) is 0 Å². The first kappa shape index (κ1) is 17.8. The van der Waals surface area contributed by atoms with Crippen LogP contribution >= 0.6 is 0 Å². The van der Waals surface area contributed by atoms with Crippen LogP contribution in [0.1, 0.15) is 12.8 Å². The van der Waals surface area contributed by atoms with Gasteiger partial charge in [-0.1, -0.05) is 12.1 Å². The van der Waals surface area contributed by atoms with Gasteiger partial charge in [-0.3, -0.25) is 4.79 Å². The SMILES string of the molecule is O=C(Nc1ccccc1F)C1CCCN(C(=O)Nc2ccc(F)cc2)C1. The highest BCUT2D eigenvalue weighted by Crippen LogP contribution is 2.21. The molecule has 5 nitrogen and oxygen atoms in total. The summed E-state index contributed by atoms with van der Waals surface area (Å²) in [6.45, 7) is 0.768. The lowest BCUT2D eigenvalue weighted by molar-refractivity contribution is -0.121. The number of nitrogens with one attached hydrogen (secondary N) is 2. The van der Waals surface area contributed by atoms with E-state index in [1.54, 1.807) is 17.0 Å². The quantitative estimate of drug-likeness (QED) is 0.874. The Morgan fingerprint density at radius 1 is 1.00 bits per heavy atom. The number of para-hydroxylation sites is 1. The molecule has 1 aliphatic heterocycles. The van der Waals surface area contributed by atoms with Crippen molar-refractivity contribution in [1.82, 2.24) is 4.90 Å². The third-order valence-corrected chi connectivity index (χ3v) is 4.31. The molecule has 7 heteroatoms. The summed E-state index contributed by atoms with van der Waals surface area (Å²) in [7, 11) is 0. The van der Waals surface area contributed by atoms with Crippen LogP contribution in [0.2, 0.25) is 0 Å². The number of benzene rings is 2. The lowest BCUT2D eigenvalue weighted by atomic mass is 9.97. The summed E-state index contributed by atoms with van der Waals surface area (Å²) in [5.74, 6) is -1.61. The third kappa shape index (κ3) is 4.36. The molecule has 1 unspecified atom stereocenters. The number of carbonyl (C=O) groups excluding carboxylic acids is 2. The number of likely N-dealkylation sites (tertiary alicyclic amines) is 1. The molecule has 0 bridgehead atoms. The second-order valence-electron chi connectivity index (χ2n) is 6.19. The van der Waals surface area contributed by atoms with E-state index in [4.69, 9.17) is 0 Å². The Morgan fingerprint density at radius 2 is 1.73 bits per heavy atom. The fourth-order valence-electron chi connectivity index (χ4n) is 2.91. The maximum absolute atomic E-state index is 13.7. The second kappa shape index (κ2) is 7.95. The number of hydrogen-bond acceptors (Lipinski definition) is 2. The molecule has 26 heavy (non-hydrogen) atoms. The zero-order chi connectivity index (χ0) is 18.5. The van der Waals surface area contributed by atoms with Gasteiger partial charge < -0.3 is 15.5 Å². The van der Waals surface area contributed by atoms with Crippen molar-refractivity contribution in [2.45, 2.75) is 12.8 Å². The molecule has 0 spiro atoms. The Bertz CT molecular complexity index is 796. The highest BCUT2D eigenvalue weighted by atomic mass is 19.1. The van der Waals surface area contributed by atoms with Crippen LogP contribution in [0.4, 0.5) is 25.0 Å². The third-order valence-electron chi connectivity index (χ3n) is 4.31. The fraction of sp³-hybridized carbons (Fsp3) is 0.263. The topological polar surface area (TPSA) is 61.4 Å². The van der Waals surface area contributed by atoms with E-state index in [2.05, 4.69) is 10.6 Å². The van der Waals surface area contributed by atoms with Gasteiger partial charge in [0.1, 0.15) is 11.6 Å². The largest absolute Gasteiger partial charge is 0.324 e. The minimum absolute atomic E-state index is 0.130. The molecule has 1 fully saturated rings. The molecule has 136 valence electrons. The monoisotopic (exact) mass is 359 g/mol. The van der Waals surface area contributed by atoms with Gasteiger partial charge in [-0.2, -0.15) is 0 Å². The summed E-state index contributed by atoms with van der Waals surface area (Å²) < 4.78 is 26.6. The lowest BCUT2D eigenvalue weighted by Crippen LogP contribution is -2.45. The number of halogens is 2. The molecule has 1 saturated heterocycles. The standard InChI is InChI=1S/C19H19F2N3O2/c20-14-7-9-15(10-8-14)22-19(26)24-11-3-4-13(12-24)18(25)23-17-6-2-1-5-16(17)21/h1-2,5-10,13H,3-4,11-12H2,(H,22,26)(H,23,25). The van der Waals surface area contributed by atoms with Crippen LogP contribution in [0.5, 0.6) is 0 Å². The van der Waals surface area contributed by atoms with E-state index >= 15 is 0 Å². The van der Waals surface area contributed by atoms with Crippen LogP contribution in [0.15, 0.2) is 48.5 Å². The maximum Gasteiger partial charge on any atom is 0.321 e. The van der Waals surface area contributed by atoms with E-state index < -0.39 is 11.7 Å². The average Bonchev–Trinajstić information content (AvgIpc) is 2.65. The number of urea groups is 1.